The summed E-state index contributed by atoms with van der Waals surface area (Å²) in [6.45, 7) is 6.96. The zero-order valence-corrected chi connectivity index (χ0v) is 12.3. The topological polar surface area (TPSA) is 44.3 Å². The van der Waals surface area contributed by atoms with Crippen molar-refractivity contribution in [1.82, 2.24) is 14.9 Å². The Balaban J connectivity index is 1.79. The first kappa shape index (κ1) is 14.1. The third-order valence-electron chi connectivity index (χ3n) is 3.44. The van der Waals surface area contributed by atoms with Crippen molar-refractivity contribution in [3.63, 3.8) is 0 Å². The van der Waals surface area contributed by atoms with Gasteiger partial charge in [0.05, 0.1) is 0 Å². The Hall–Kier alpha value is -1.36. The molecule has 0 saturated carbocycles. The first-order valence-electron chi connectivity index (χ1n) is 7.12. The maximum atomic E-state index is 4.47. The van der Waals surface area contributed by atoms with Gasteiger partial charge in [0.15, 0.2) is 0 Å². The van der Waals surface area contributed by atoms with Crippen LogP contribution in [-0.2, 0) is 0 Å². The van der Waals surface area contributed by atoms with Crippen molar-refractivity contribution in [2.75, 3.05) is 50.5 Å². The molecule has 1 saturated heterocycles. The molecule has 19 heavy (non-hydrogen) atoms. The summed E-state index contributed by atoms with van der Waals surface area (Å²) < 4.78 is 0. The highest BCUT2D eigenvalue weighted by Crippen LogP contribution is 2.12. The zero-order valence-electron chi connectivity index (χ0n) is 12.3. The Morgan fingerprint density at radius 3 is 2.79 bits per heavy atom. The van der Waals surface area contributed by atoms with Crippen LogP contribution in [0.4, 0.5) is 11.8 Å². The summed E-state index contributed by atoms with van der Waals surface area (Å²) in [5, 5.41) is 3.41. The van der Waals surface area contributed by atoms with Crippen LogP contribution in [0.1, 0.15) is 19.8 Å². The van der Waals surface area contributed by atoms with Gasteiger partial charge < -0.3 is 15.1 Å². The minimum atomic E-state index is 0.635. The Kier molecular flexibility index (Phi) is 4.96. The highest BCUT2D eigenvalue weighted by atomic mass is 15.2. The molecule has 1 N–H and O–H groups in total. The number of anilines is 2. The molecule has 5 nitrogen and oxygen atoms in total. The Morgan fingerprint density at radius 2 is 2.11 bits per heavy atom. The predicted octanol–water partition coefficient (Wildman–Crippen LogP) is 1.69. The fraction of sp³-hybridized carbons (Fsp3) is 0.714. The van der Waals surface area contributed by atoms with Gasteiger partial charge in [0.25, 0.3) is 0 Å². The van der Waals surface area contributed by atoms with Crippen molar-refractivity contribution in [1.29, 1.82) is 0 Å². The largest absolute Gasteiger partial charge is 0.370 e. The Morgan fingerprint density at radius 1 is 1.37 bits per heavy atom. The Bertz CT molecular complexity index is 387. The van der Waals surface area contributed by atoms with Gasteiger partial charge >= 0.3 is 0 Å². The first-order valence-corrected chi connectivity index (χ1v) is 7.12. The van der Waals surface area contributed by atoms with E-state index in [4.69, 9.17) is 0 Å². The van der Waals surface area contributed by atoms with Crippen LogP contribution in [-0.4, -0.2) is 55.1 Å². The normalized spacial score (nSPS) is 17.4. The number of hydrogen-bond donors (Lipinski definition) is 1. The highest BCUT2D eigenvalue weighted by Gasteiger charge is 2.14. The van der Waals surface area contributed by atoms with Crippen LogP contribution in [0.5, 0.6) is 0 Å². The van der Waals surface area contributed by atoms with Crippen LogP contribution in [0.3, 0.4) is 0 Å². The summed E-state index contributed by atoms with van der Waals surface area (Å²) in [5.41, 5.74) is 0. The van der Waals surface area contributed by atoms with Crippen molar-refractivity contribution in [3.05, 3.63) is 12.3 Å². The monoisotopic (exact) mass is 263 g/mol. The lowest BCUT2D eigenvalue weighted by Crippen LogP contribution is -2.29. The summed E-state index contributed by atoms with van der Waals surface area (Å²) in [4.78, 5) is 13.2. The van der Waals surface area contributed by atoms with Crippen LogP contribution >= 0.6 is 0 Å². The lowest BCUT2D eigenvalue weighted by Gasteiger charge is -2.20. The Labute approximate surface area is 116 Å². The quantitative estimate of drug-likeness (QED) is 0.846. The molecule has 1 aromatic heterocycles. The second-order valence-electron chi connectivity index (χ2n) is 5.63. The predicted molar refractivity (Wildman–Crippen MR) is 79.7 cm³/mol. The molecule has 0 bridgehead atoms. The van der Waals surface area contributed by atoms with Crippen LogP contribution in [0.15, 0.2) is 12.3 Å². The molecule has 5 heteroatoms. The molecular weight excluding hydrogens is 238 g/mol. The number of likely N-dealkylation sites (tertiary alicyclic amines) is 1. The van der Waals surface area contributed by atoms with Crippen LogP contribution in [0, 0.1) is 5.92 Å². The standard InChI is InChI=1S/C14H25N5/c1-12(11-19-8-4-5-9-19)10-16-13-6-7-15-14(17-13)18(2)3/h6-7,12H,4-5,8-11H2,1-3H3,(H,15,16,17). The van der Waals surface area contributed by atoms with E-state index in [1.54, 1.807) is 6.20 Å². The van der Waals surface area contributed by atoms with Gasteiger partial charge in [-0.2, -0.15) is 4.98 Å². The zero-order chi connectivity index (χ0) is 13.7. The molecule has 106 valence electrons. The second kappa shape index (κ2) is 6.70. The molecule has 1 fully saturated rings. The first-order chi connectivity index (χ1) is 9.15. The van der Waals surface area contributed by atoms with Crippen molar-refractivity contribution in [3.8, 4) is 0 Å². The molecule has 0 amide bonds. The number of hydrogen-bond acceptors (Lipinski definition) is 5. The SMILES string of the molecule is CC(CNc1ccnc(N(C)C)n1)CN1CCCC1. The third kappa shape index (κ3) is 4.35. The van der Waals surface area contributed by atoms with E-state index < -0.39 is 0 Å². The molecule has 2 rings (SSSR count). The van der Waals surface area contributed by atoms with E-state index >= 15 is 0 Å². The van der Waals surface area contributed by atoms with Gasteiger partial charge in [-0.15, -0.1) is 0 Å². The number of nitrogens with one attached hydrogen (secondary N) is 1. The average molecular weight is 263 g/mol. The molecule has 1 aliphatic rings. The van der Waals surface area contributed by atoms with Crippen LogP contribution < -0.4 is 10.2 Å². The van der Waals surface area contributed by atoms with E-state index in [1.807, 2.05) is 25.1 Å². The molecule has 0 radical (unpaired) electrons. The molecule has 1 unspecified atom stereocenters. The van der Waals surface area contributed by atoms with Gasteiger partial charge in [0, 0.05) is 33.4 Å². The van der Waals surface area contributed by atoms with Crippen molar-refractivity contribution >= 4 is 11.8 Å². The van der Waals surface area contributed by atoms with E-state index in [1.165, 1.54) is 32.5 Å². The van der Waals surface area contributed by atoms with Gasteiger partial charge in [-0.1, -0.05) is 6.92 Å². The minimum Gasteiger partial charge on any atom is -0.370 e. The maximum absolute atomic E-state index is 4.47. The van der Waals surface area contributed by atoms with E-state index in [0.717, 1.165) is 18.3 Å². The van der Waals surface area contributed by atoms with Gasteiger partial charge in [-0.25, -0.2) is 4.98 Å². The molecule has 1 aliphatic heterocycles. The fourth-order valence-corrected chi connectivity index (χ4v) is 2.41. The summed E-state index contributed by atoms with van der Waals surface area (Å²) >= 11 is 0. The third-order valence-corrected chi connectivity index (χ3v) is 3.44. The highest BCUT2D eigenvalue weighted by molar-refractivity contribution is 5.40. The van der Waals surface area contributed by atoms with Gasteiger partial charge in [-0.05, 0) is 37.9 Å². The molecular formula is C14H25N5. The molecule has 1 aromatic rings. The molecule has 0 aromatic carbocycles. The van der Waals surface area contributed by atoms with E-state index in [2.05, 4.69) is 27.1 Å². The van der Waals surface area contributed by atoms with Gasteiger partial charge in [-0.3, -0.25) is 0 Å². The number of rotatable bonds is 6. The van der Waals surface area contributed by atoms with E-state index in [0.29, 0.717) is 5.92 Å². The maximum Gasteiger partial charge on any atom is 0.226 e. The lowest BCUT2D eigenvalue weighted by molar-refractivity contribution is 0.294. The van der Waals surface area contributed by atoms with E-state index in [-0.39, 0.29) is 0 Å². The van der Waals surface area contributed by atoms with Crippen molar-refractivity contribution < 1.29 is 0 Å². The summed E-state index contributed by atoms with van der Waals surface area (Å²) in [6, 6.07) is 1.93. The van der Waals surface area contributed by atoms with Crippen LogP contribution in [0.2, 0.25) is 0 Å². The summed E-state index contributed by atoms with van der Waals surface area (Å²) in [6.07, 6.45) is 4.52. The van der Waals surface area contributed by atoms with Gasteiger partial charge in [0.2, 0.25) is 5.95 Å². The summed E-state index contributed by atoms with van der Waals surface area (Å²) in [7, 11) is 3.91. The van der Waals surface area contributed by atoms with E-state index in [9.17, 15) is 0 Å². The van der Waals surface area contributed by atoms with Crippen molar-refractivity contribution in [2.45, 2.75) is 19.8 Å². The summed E-state index contributed by atoms with van der Waals surface area (Å²) in [5.74, 6) is 2.29. The number of aromatic nitrogens is 2. The molecule has 2 heterocycles. The molecule has 0 spiro atoms. The molecule has 1 atom stereocenters. The van der Waals surface area contributed by atoms with Gasteiger partial charge in [0.1, 0.15) is 5.82 Å². The average Bonchev–Trinajstić information content (AvgIpc) is 2.89. The number of nitrogens with zero attached hydrogens (tertiary/aromatic N) is 4. The smallest absolute Gasteiger partial charge is 0.226 e. The minimum absolute atomic E-state index is 0.635. The lowest BCUT2D eigenvalue weighted by atomic mass is 10.1. The second-order valence-corrected chi connectivity index (χ2v) is 5.63. The molecule has 0 aliphatic carbocycles. The van der Waals surface area contributed by atoms with Crippen LogP contribution in [0.25, 0.3) is 0 Å². The fourth-order valence-electron chi connectivity index (χ4n) is 2.41. The van der Waals surface area contributed by atoms with Crippen molar-refractivity contribution in [2.24, 2.45) is 5.92 Å².